The number of carbonyl (C=O) groups excluding carboxylic acids is 1. The second kappa shape index (κ2) is 7.08. The molecule has 1 aromatic rings. The number of rotatable bonds is 3. The number of nitrogens with one attached hydrogen (secondary N) is 1. The molecule has 1 aromatic carbocycles. The van der Waals surface area contributed by atoms with Crippen LogP contribution in [0, 0.1) is 0 Å². The quantitative estimate of drug-likeness (QED) is 0.897. The maximum atomic E-state index is 12.4. The van der Waals surface area contributed by atoms with Crippen LogP contribution in [-0.2, 0) is 9.53 Å². The zero-order chi connectivity index (χ0) is 18.1. The molecule has 2 heterocycles. The van der Waals surface area contributed by atoms with Crippen molar-refractivity contribution < 1.29 is 19.0 Å². The van der Waals surface area contributed by atoms with Gasteiger partial charge in [0.25, 0.3) is 5.79 Å². The Balaban J connectivity index is 1.36. The summed E-state index contributed by atoms with van der Waals surface area (Å²) in [4.78, 5) is 14.6. The van der Waals surface area contributed by atoms with Gasteiger partial charge in [-0.05, 0) is 38.8 Å². The Morgan fingerprint density at radius 3 is 2.54 bits per heavy atom. The summed E-state index contributed by atoms with van der Waals surface area (Å²) in [7, 11) is 0. The van der Waals surface area contributed by atoms with E-state index in [9.17, 15) is 4.79 Å². The number of benzene rings is 1. The maximum Gasteiger partial charge on any atom is 0.251 e. The Morgan fingerprint density at radius 2 is 1.81 bits per heavy atom. The van der Waals surface area contributed by atoms with Gasteiger partial charge in [0.1, 0.15) is 0 Å². The Bertz CT molecular complexity index is 662. The van der Waals surface area contributed by atoms with Crippen molar-refractivity contribution in [2.24, 2.45) is 0 Å². The average molecular weight is 360 g/mol. The van der Waals surface area contributed by atoms with Crippen molar-refractivity contribution in [1.29, 1.82) is 0 Å². The molecule has 0 bridgehead atoms. The third-order valence-electron chi connectivity index (χ3n) is 5.30. The zero-order valence-corrected chi connectivity index (χ0v) is 15.6. The van der Waals surface area contributed by atoms with Gasteiger partial charge in [-0.1, -0.05) is 6.42 Å². The van der Waals surface area contributed by atoms with Gasteiger partial charge >= 0.3 is 0 Å². The van der Waals surface area contributed by atoms with Gasteiger partial charge in [-0.2, -0.15) is 0 Å². The summed E-state index contributed by atoms with van der Waals surface area (Å²) in [6, 6.07) is 5.65. The molecule has 1 aliphatic carbocycles. The van der Waals surface area contributed by atoms with E-state index in [1.807, 2.05) is 32.0 Å². The van der Waals surface area contributed by atoms with Gasteiger partial charge < -0.3 is 19.5 Å². The lowest BCUT2D eigenvalue weighted by atomic mass is 9.94. The molecule has 2 unspecified atom stereocenters. The zero-order valence-electron chi connectivity index (χ0n) is 15.6. The van der Waals surface area contributed by atoms with Crippen LogP contribution in [0.25, 0.3) is 0 Å². The average Bonchev–Trinajstić information content (AvgIpc) is 2.91. The lowest BCUT2D eigenvalue weighted by Gasteiger charge is -2.34. The molecule has 1 amide bonds. The highest BCUT2D eigenvalue weighted by Gasteiger charge is 2.42. The van der Waals surface area contributed by atoms with E-state index in [2.05, 4.69) is 10.2 Å². The molecule has 1 spiro atoms. The van der Waals surface area contributed by atoms with E-state index in [1.165, 1.54) is 6.42 Å². The van der Waals surface area contributed by atoms with Crippen molar-refractivity contribution in [3.05, 3.63) is 18.2 Å². The van der Waals surface area contributed by atoms with Gasteiger partial charge in [-0.15, -0.1) is 0 Å². The molecular formula is C20H28N2O4. The van der Waals surface area contributed by atoms with Gasteiger partial charge in [0, 0.05) is 37.7 Å². The first-order valence-corrected chi connectivity index (χ1v) is 9.71. The number of hydrogen-bond acceptors (Lipinski definition) is 5. The summed E-state index contributed by atoms with van der Waals surface area (Å²) >= 11 is 0. The molecule has 0 aromatic heterocycles. The second-order valence-electron chi connectivity index (χ2n) is 7.84. The third kappa shape index (κ3) is 3.81. The number of anilines is 1. The topological polar surface area (TPSA) is 60.0 Å². The van der Waals surface area contributed by atoms with Crippen LogP contribution < -0.4 is 14.8 Å². The summed E-state index contributed by atoms with van der Waals surface area (Å²) < 4.78 is 17.9. The van der Waals surface area contributed by atoms with Crippen LogP contribution in [0.15, 0.2) is 18.2 Å². The minimum atomic E-state index is -0.483. The highest BCUT2D eigenvalue weighted by molar-refractivity contribution is 5.92. The Labute approximate surface area is 154 Å². The summed E-state index contributed by atoms with van der Waals surface area (Å²) in [5.41, 5.74) is 0.750. The highest BCUT2D eigenvalue weighted by atomic mass is 16.7. The fourth-order valence-electron chi connectivity index (χ4n) is 4.28. The first-order valence-electron chi connectivity index (χ1n) is 9.71. The number of carbonyl (C=O) groups is 1. The largest absolute Gasteiger partial charge is 0.448 e. The highest BCUT2D eigenvalue weighted by Crippen LogP contribution is 2.46. The molecule has 2 fully saturated rings. The Kier molecular flexibility index (Phi) is 4.80. The number of hydrogen-bond donors (Lipinski definition) is 1. The molecule has 142 valence electrons. The molecule has 1 saturated heterocycles. The van der Waals surface area contributed by atoms with E-state index in [4.69, 9.17) is 14.2 Å². The fourth-order valence-corrected chi connectivity index (χ4v) is 4.28. The molecular weight excluding hydrogens is 332 g/mol. The van der Waals surface area contributed by atoms with Gasteiger partial charge in [0.15, 0.2) is 11.5 Å². The Hall–Kier alpha value is -1.79. The number of amides is 1. The predicted molar refractivity (Wildman–Crippen MR) is 98.6 cm³/mol. The van der Waals surface area contributed by atoms with Crippen molar-refractivity contribution in [2.45, 2.75) is 63.9 Å². The number of ether oxygens (including phenoxy) is 3. The molecule has 2 atom stereocenters. The van der Waals surface area contributed by atoms with Crippen molar-refractivity contribution in [2.75, 3.05) is 25.0 Å². The summed E-state index contributed by atoms with van der Waals surface area (Å²) in [6.45, 7) is 6.01. The van der Waals surface area contributed by atoms with E-state index in [-0.39, 0.29) is 18.1 Å². The van der Waals surface area contributed by atoms with Gasteiger partial charge in [-0.25, -0.2) is 0 Å². The van der Waals surface area contributed by atoms with Gasteiger partial charge in [0.2, 0.25) is 5.91 Å². The summed E-state index contributed by atoms with van der Waals surface area (Å²) in [6.07, 6.45) is 5.67. The van der Waals surface area contributed by atoms with Crippen molar-refractivity contribution in [3.8, 4) is 11.5 Å². The van der Waals surface area contributed by atoms with Gasteiger partial charge in [-0.3, -0.25) is 9.69 Å². The van der Waals surface area contributed by atoms with Crippen LogP contribution in [-0.4, -0.2) is 48.4 Å². The first kappa shape index (κ1) is 17.6. The monoisotopic (exact) mass is 360 g/mol. The molecule has 1 N–H and O–H groups in total. The lowest BCUT2D eigenvalue weighted by molar-refractivity contribution is -0.121. The van der Waals surface area contributed by atoms with E-state index in [0.29, 0.717) is 6.54 Å². The minimum absolute atomic E-state index is 0.0162. The number of morpholine rings is 1. The third-order valence-corrected chi connectivity index (χ3v) is 5.30. The van der Waals surface area contributed by atoms with Crippen molar-refractivity contribution >= 4 is 11.6 Å². The second-order valence-corrected chi connectivity index (χ2v) is 7.84. The molecule has 0 radical (unpaired) electrons. The maximum absolute atomic E-state index is 12.4. The predicted octanol–water partition coefficient (Wildman–Crippen LogP) is 3.17. The SMILES string of the molecule is CC1CN(CC(=O)Nc2ccc3c(c2)OC2(CCCCC2)O3)CC(C)O1. The van der Waals surface area contributed by atoms with Crippen LogP contribution in [0.1, 0.15) is 46.0 Å². The molecule has 2 aliphatic heterocycles. The van der Waals surface area contributed by atoms with E-state index in [0.717, 1.165) is 56.0 Å². The molecule has 4 rings (SSSR count). The minimum Gasteiger partial charge on any atom is -0.448 e. The van der Waals surface area contributed by atoms with Gasteiger partial charge in [0.05, 0.1) is 18.8 Å². The summed E-state index contributed by atoms with van der Waals surface area (Å²) in [5.74, 6) is 1.01. The normalized spacial score (nSPS) is 27.5. The smallest absolute Gasteiger partial charge is 0.251 e. The van der Waals surface area contributed by atoms with Crippen LogP contribution in [0.4, 0.5) is 5.69 Å². The molecule has 3 aliphatic rings. The van der Waals surface area contributed by atoms with Crippen LogP contribution in [0.5, 0.6) is 11.5 Å². The Morgan fingerprint density at radius 1 is 1.12 bits per heavy atom. The molecule has 1 saturated carbocycles. The summed E-state index contributed by atoms with van der Waals surface area (Å²) in [5, 5.41) is 2.98. The van der Waals surface area contributed by atoms with Crippen molar-refractivity contribution in [1.82, 2.24) is 4.90 Å². The van der Waals surface area contributed by atoms with E-state index >= 15 is 0 Å². The van der Waals surface area contributed by atoms with Crippen LogP contribution >= 0.6 is 0 Å². The molecule has 6 heteroatoms. The standard InChI is InChI=1S/C20H28N2O4/c1-14-11-22(12-15(2)24-14)13-19(23)21-16-6-7-17-18(10-16)26-20(25-17)8-4-3-5-9-20/h6-7,10,14-15H,3-5,8-9,11-13H2,1-2H3,(H,21,23). The molecule has 26 heavy (non-hydrogen) atoms. The van der Waals surface area contributed by atoms with Crippen LogP contribution in [0.3, 0.4) is 0 Å². The van der Waals surface area contributed by atoms with E-state index < -0.39 is 5.79 Å². The fraction of sp³-hybridized carbons (Fsp3) is 0.650. The van der Waals surface area contributed by atoms with Crippen LogP contribution in [0.2, 0.25) is 0 Å². The number of nitrogens with zero attached hydrogens (tertiary/aromatic N) is 1. The first-order chi connectivity index (χ1) is 12.5. The number of fused-ring (bicyclic) bond motifs is 1. The lowest BCUT2D eigenvalue weighted by Crippen LogP contribution is -2.48. The van der Waals surface area contributed by atoms with Crippen molar-refractivity contribution in [3.63, 3.8) is 0 Å². The molecule has 6 nitrogen and oxygen atoms in total. The van der Waals surface area contributed by atoms with E-state index in [1.54, 1.807) is 0 Å².